The SMILES string of the molecule is NC(=O)NC(CC(=O)N1CCc2ccccc21)c1ccc(Cl)cc1. The normalized spacial score (nSPS) is 14.1. The Morgan fingerprint density at radius 1 is 1.17 bits per heavy atom. The van der Waals surface area contributed by atoms with Gasteiger partial charge in [-0.1, -0.05) is 41.9 Å². The highest BCUT2D eigenvalue weighted by atomic mass is 35.5. The second-order valence-electron chi connectivity index (χ2n) is 5.74. The van der Waals surface area contributed by atoms with E-state index in [-0.39, 0.29) is 12.3 Å². The molecular weight excluding hydrogens is 326 g/mol. The maximum atomic E-state index is 12.7. The minimum Gasteiger partial charge on any atom is -0.352 e. The van der Waals surface area contributed by atoms with Gasteiger partial charge in [0.25, 0.3) is 0 Å². The first kappa shape index (κ1) is 16.3. The predicted octanol–water partition coefficient (Wildman–Crippen LogP) is 3.03. The van der Waals surface area contributed by atoms with Gasteiger partial charge in [-0.05, 0) is 35.7 Å². The largest absolute Gasteiger partial charge is 0.352 e. The van der Waals surface area contributed by atoms with E-state index in [0.717, 1.165) is 23.2 Å². The summed E-state index contributed by atoms with van der Waals surface area (Å²) in [6, 6.07) is 13.7. The fourth-order valence-corrected chi connectivity index (χ4v) is 3.13. The number of amides is 3. The molecule has 1 aliphatic heterocycles. The van der Waals surface area contributed by atoms with Crippen molar-refractivity contribution >= 4 is 29.2 Å². The number of hydrogen-bond acceptors (Lipinski definition) is 2. The van der Waals surface area contributed by atoms with Crippen molar-refractivity contribution in [2.24, 2.45) is 5.73 Å². The van der Waals surface area contributed by atoms with Crippen molar-refractivity contribution < 1.29 is 9.59 Å². The molecule has 1 aliphatic rings. The Labute approximate surface area is 145 Å². The second kappa shape index (κ2) is 6.93. The standard InChI is InChI=1S/C18H18ClN3O2/c19-14-7-5-12(6-8-14)15(21-18(20)24)11-17(23)22-10-9-13-3-1-2-4-16(13)22/h1-8,15H,9-11H2,(H3,20,21,24). The van der Waals surface area contributed by atoms with Gasteiger partial charge >= 0.3 is 6.03 Å². The monoisotopic (exact) mass is 343 g/mol. The molecule has 124 valence electrons. The molecule has 0 fully saturated rings. The molecule has 1 atom stereocenters. The molecule has 3 amide bonds. The molecule has 2 aromatic rings. The fraction of sp³-hybridized carbons (Fsp3) is 0.222. The number of carbonyl (C=O) groups excluding carboxylic acids is 2. The van der Waals surface area contributed by atoms with Gasteiger partial charge in [0.1, 0.15) is 0 Å². The van der Waals surface area contributed by atoms with E-state index < -0.39 is 12.1 Å². The molecule has 0 saturated heterocycles. The van der Waals surface area contributed by atoms with Gasteiger partial charge < -0.3 is 16.0 Å². The van der Waals surface area contributed by atoms with Gasteiger partial charge in [-0.15, -0.1) is 0 Å². The summed E-state index contributed by atoms with van der Waals surface area (Å²) in [4.78, 5) is 25.8. The molecule has 0 saturated carbocycles. The number of nitrogens with two attached hydrogens (primary N) is 1. The molecule has 0 bridgehead atoms. The molecule has 0 aliphatic carbocycles. The van der Waals surface area contributed by atoms with E-state index in [1.165, 1.54) is 0 Å². The van der Waals surface area contributed by atoms with Crippen molar-refractivity contribution in [2.75, 3.05) is 11.4 Å². The van der Waals surface area contributed by atoms with E-state index in [1.807, 2.05) is 24.3 Å². The van der Waals surface area contributed by atoms with Crippen molar-refractivity contribution in [3.8, 4) is 0 Å². The highest BCUT2D eigenvalue weighted by molar-refractivity contribution is 6.30. The van der Waals surface area contributed by atoms with Crippen molar-refractivity contribution in [1.82, 2.24) is 5.32 Å². The molecule has 6 heteroatoms. The zero-order valence-corrected chi connectivity index (χ0v) is 13.8. The number of hydrogen-bond donors (Lipinski definition) is 2. The quantitative estimate of drug-likeness (QED) is 0.895. The fourth-order valence-electron chi connectivity index (χ4n) is 3.00. The summed E-state index contributed by atoms with van der Waals surface area (Å²) in [6.07, 6.45) is 0.982. The minimum absolute atomic E-state index is 0.0475. The number of anilines is 1. The number of carbonyl (C=O) groups is 2. The minimum atomic E-state index is -0.662. The first-order valence-corrected chi connectivity index (χ1v) is 8.12. The van der Waals surface area contributed by atoms with Crippen LogP contribution in [0.3, 0.4) is 0 Å². The van der Waals surface area contributed by atoms with E-state index in [4.69, 9.17) is 17.3 Å². The van der Waals surface area contributed by atoms with Crippen molar-refractivity contribution in [3.63, 3.8) is 0 Å². The van der Waals surface area contributed by atoms with Gasteiger partial charge in [0.05, 0.1) is 12.5 Å². The molecule has 0 spiro atoms. The van der Waals surface area contributed by atoms with Gasteiger partial charge in [0, 0.05) is 17.3 Å². The lowest BCUT2D eigenvalue weighted by atomic mass is 10.0. The van der Waals surface area contributed by atoms with Gasteiger partial charge in [-0.3, -0.25) is 4.79 Å². The lowest BCUT2D eigenvalue weighted by Crippen LogP contribution is -2.38. The third-order valence-electron chi connectivity index (χ3n) is 4.16. The Morgan fingerprint density at radius 3 is 2.58 bits per heavy atom. The van der Waals surface area contributed by atoms with Crippen LogP contribution in [-0.2, 0) is 11.2 Å². The Hall–Kier alpha value is -2.53. The van der Waals surface area contributed by atoms with E-state index in [1.54, 1.807) is 29.2 Å². The van der Waals surface area contributed by atoms with E-state index in [9.17, 15) is 9.59 Å². The third-order valence-corrected chi connectivity index (χ3v) is 4.41. The molecule has 5 nitrogen and oxygen atoms in total. The smallest absolute Gasteiger partial charge is 0.312 e. The van der Waals surface area contributed by atoms with E-state index in [0.29, 0.717) is 11.6 Å². The molecule has 3 N–H and O–H groups in total. The summed E-state index contributed by atoms with van der Waals surface area (Å²) in [7, 11) is 0. The molecule has 1 unspecified atom stereocenters. The van der Waals surface area contributed by atoms with Crippen LogP contribution < -0.4 is 16.0 Å². The van der Waals surface area contributed by atoms with E-state index in [2.05, 4.69) is 5.32 Å². The summed E-state index contributed by atoms with van der Waals surface area (Å²) in [5.74, 6) is -0.0475. The predicted molar refractivity (Wildman–Crippen MR) is 94.0 cm³/mol. The van der Waals surface area contributed by atoms with Crippen LogP contribution in [0.2, 0.25) is 5.02 Å². The highest BCUT2D eigenvalue weighted by Crippen LogP contribution is 2.29. The first-order chi connectivity index (χ1) is 11.5. The second-order valence-corrected chi connectivity index (χ2v) is 6.18. The maximum Gasteiger partial charge on any atom is 0.312 e. The van der Waals surface area contributed by atoms with Crippen LogP contribution >= 0.6 is 11.6 Å². The number of nitrogens with one attached hydrogen (secondary N) is 1. The Balaban J connectivity index is 1.79. The Morgan fingerprint density at radius 2 is 1.88 bits per heavy atom. The maximum absolute atomic E-state index is 12.7. The molecule has 24 heavy (non-hydrogen) atoms. The van der Waals surface area contributed by atoms with Gasteiger partial charge in [0.2, 0.25) is 5.91 Å². The van der Waals surface area contributed by atoms with Crippen LogP contribution in [0.1, 0.15) is 23.6 Å². The lowest BCUT2D eigenvalue weighted by Gasteiger charge is -2.22. The average Bonchev–Trinajstić information content (AvgIpc) is 2.98. The van der Waals surface area contributed by atoms with Crippen LogP contribution in [0.25, 0.3) is 0 Å². The van der Waals surface area contributed by atoms with Gasteiger partial charge in [-0.2, -0.15) is 0 Å². The summed E-state index contributed by atoms with van der Waals surface area (Å²) in [6.45, 7) is 0.655. The number of halogens is 1. The number of benzene rings is 2. The highest BCUT2D eigenvalue weighted by Gasteiger charge is 2.27. The van der Waals surface area contributed by atoms with Crippen molar-refractivity contribution in [2.45, 2.75) is 18.9 Å². The summed E-state index contributed by atoms with van der Waals surface area (Å²) in [5.41, 5.74) is 8.16. The van der Waals surface area contributed by atoms with Crippen LogP contribution in [0.4, 0.5) is 10.5 Å². The lowest BCUT2D eigenvalue weighted by molar-refractivity contribution is -0.119. The van der Waals surface area contributed by atoms with Gasteiger partial charge in [0.15, 0.2) is 0 Å². The summed E-state index contributed by atoms with van der Waals surface area (Å²) in [5, 5.41) is 3.24. The number of rotatable bonds is 4. The number of primary amides is 1. The van der Waals surface area contributed by atoms with Crippen LogP contribution in [0, 0.1) is 0 Å². The van der Waals surface area contributed by atoms with E-state index >= 15 is 0 Å². The number of urea groups is 1. The number of fused-ring (bicyclic) bond motifs is 1. The van der Waals surface area contributed by atoms with Crippen LogP contribution in [0.5, 0.6) is 0 Å². The van der Waals surface area contributed by atoms with Crippen LogP contribution in [-0.4, -0.2) is 18.5 Å². The Kier molecular flexibility index (Phi) is 4.71. The zero-order valence-electron chi connectivity index (χ0n) is 13.0. The van der Waals surface area contributed by atoms with Crippen molar-refractivity contribution in [3.05, 3.63) is 64.7 Å². The summed E-state index contributed by atoms with van der Waals surface area (Å²) < 4.78 is 0. The Bertz CT molecular complexity index is 761. The number of nitrogens with zero attached hydrogens (tertiary/aromatic N) is 1. The molecule has 2 aromatic carbocycles. The average molecular weight is 344 g/mol. The topological polar surface area (TPSA) is 75.4 Å². The zero-order chi connectivity index (χ0) is 17.1. The van der Waals surface area contributed by atoms with Crippen LogP contribution in [0.15, 0.2) is 48.5 Å². The molecule has 0 aromatic heterocycles. The molecular formula is C18H18ClN3O2. The summed E-state index contributed by atoms with van der Waals surface area (Å²) >= 11 is 5.90. The van der Waals surface area contributed by atoms with Crippen molar-refractivity contribution in [1.29, 1.82) is 0 Å². The number of para-hydroxylation sites is 1. The third kappa shape index (κ3) is 3.51. The molecule has 3 rings (SSSR count). The molecule has 1 heterocycles. The first-order valence-electron chi connectivity index (χ1n) is 7.74. The van der Waals surface area contributed by atoms with Gasteiger partial charge in [-0.25, -0.2) is 4.79 Å². The molecule has 0 radical (unpaired) electrons.